The second-order valence-electron chi connectivity index (χ2n) is 6.02. The molecule has 3 rings (SSSR count). The third-order valence-corrected chi connectivity index (χ3v) is 5.19. The molecule has 2 heterocycles. The molecule has 0 unspecified atom stereocenters. The summed E-state index contributed by atoms with van der Waals surface area (Å²) in [5.41, 5.74) is 2.39. The number of nitrogens with one attached hydrogen (secondary N) is 1. The number of hydrogen-bond donors (Lipinski definition) is 1. The number of thioether (sulfide) groups is 1. The summed E-state index contributed by atoms with van der Waals surface area (Å²) < 4.78 is 7.17. The van der Waals surface area contributed by atoms with Crippen molar-refractivity contribution in [3.8, 4) is 11.6 Å². The van der Waals surface area contributed by atoms with Crippen LogP contribution in [0, 0.1) is 0 Å². The molecular formula is C19H22N4O2S. The number of carbonyl (C=O) groups is 1. The van der Waals surface area contributed by atoms with Gasteiger partial charge in [0.15, 0.2) is 16.7 Å². The first-order valence-electron chi connectivity index (χ1n) is 8.52. The number of benzene rings is 1. The van der Waals surface area contributed by atoms with E-state index in [-0.39, 0.29) is 17.7 Å². The lowest BCUT2D eigenvalue weighted by Gasteiger charge is -2.14. The zero-order valence-electron chi connectivity index (χ0n) is 15.1. The Bertz CT molecular complexity index is 856. The molecule has 0 saturated heterocycles. The van der Waals surface area contributed by atoms with Crippen LogP contribution in [0.4, 0.5) is 0 Å². The number of hydrogen-bond acceptors (Lipinski definition) is 5. The fraction of sp³-hybridized carbons (Fsp3) is 0.316. The highest BCUT2D eigenvalue weighted by molar-refractivity contribution is 7.99. The summed E-state index contributed by atoms with van der Waals surface area (Å²) in [6.45, 7) is 4.11. The van der Waals surface area contributed by atoms with Gasteiger partial charge in [-0.1, -0.05) is 43.0 Å². The van der Waals surface area contributed by atoms with Gasteiger partial charge >= 0.3 is 0 Å². The highest BCUT2D eigenvalue weighted by Gasteiger charge is 2.15. The van der Waals surface area contributed by atoms with E-state index < -0.39 is 0 Å². The summed E-state index contributed by atoms with van der Waals surface area (Å²) in [6.07, 6.45) is 2.61. The van der Waals surface area contributed by atoms with Gasteiger partial charge in [-0.15, -0.1) is 10.2 Å². The lowest BCUT2D eigenvalue weighted by atomic mass is 10.1. The molecular weight excluding hydrogens is 348 g/mol. The zero-order valence-corrected chi connectivity index (χ0v) is 15.9. The van der Waals surface area contributed by atoms with Gasteiger partial charge in [0.1, 0.15) is 0 Å². The normalized spacial score (nSPS) is 12.1. The Morgan fingerprint density at radius 1 is 1.27 bits per heavy atom. The largest absolute Gasteiger partial charge is 0.461 e. The van der Waals surface area contributed by atoms with Gasteiger partial charge < -0.3 is 14.3 Å². The van der Waals surface area contributed by atoms with Crippen LogP contribution in [-0.4, -0.2) is 26.4 Å². The lowest BCUT2D eigenvalue weighted by molar-refractivity contribution is -0.119. The highest BCUT2D eigenvalue weighted by atomic mass is 32.2. The van der Waals surface area contributed by atoms with E-state index in [0.29, 0.717) is 16.7 Å². The number of aryl methyl sites for hydroxylation is 1. The van der Waals surface area contributed by atoms with Crippen molar-refractivity contribution >= 4 is 17.7 Å². The summed E-state index contributed by atoms with van der Waals surface area (Å²) in [4.78, 5) is 12.3. The first-order valence-corrected chi connectivity index (χ1v) is 9.51. The maximum atomic E-state index is 12.3. The average molecular weight is 370 g/mol. The van der Waals surface area contributed by atoms with E-state index in [4.69, 9.17) is 4.42 Å². The molecule has 0 saturated carbocycles. The fourth-order valence-electron chi connectivity index (χ4n) is 2.60. The van der Waals surface area contributed by atoms with E-state index in [1.165, 1.54) is 17.3 Å². The molecule has 3 aromatic rings. The lowest BCUT2D eigenvalue weighted by Crippen LogP contribution is -2.28. The van der Waals surface area contributed by atoms with Gasteiger partial charge in [0.25, 0.3) is 0 Å². The van der Waals surface area contributed by atoms with Crippen molar-refractivity contribution in [2.75, 3.05) is 5.75 Å². The predicted molar refractivity (Wildman–Crippen MR) is 102 cm³/mol. The Morgan fingerprint density at radius 2 is 2.04 bits per heavy atom. The molecule has 1 N–H and O–H groups in total. The van der Waals surface area contributed by atoms with Gasteiger partial charge in [-0.3, -0.25) is 4.79 Å². The minimum Gasteiger partial charge on any atom is -0.461 e. The van der Waals surface area contributed by atoms with E-state index in [9.17, 15) is 4.79 Å². The predicted octanol–water partition coefficient (Wildman–Crippen LogP) is 3.61. The van der Waals surface area contributed by atoms with Crippen molar-refractivity contribution in [1.82, 2.24) is 20.1 Å². The van der Waals surface area contributed by atoms with E-state index >= 15 is 0 Å². The van der Waals surface area contributed by atoms with Crippen LogP contribution in [0.5, 0.6) is 0 Å². The minimum atomic E-state index is -0.0374. The Kier molecular flexibility index (Phi) is 5.78. The molecule has 1 atom stereocenters. The second-order valence-corrected chi connectivity index (χ2v) is 6.96. The van der Waals surface area contributed by atoms with Gasteiger partial charge in [0.05, 0.1) is 18.1 Å². The molecule has 0 aliphatic heterocycles. The maximum absolute atomic E-state index is 12.3. The highest BCUT2D eigenvalue weighted by Crippen LogP contribution is 2.23. The molecule has 1 amide bonds. The molecule has 0 radical (unpaired) electrons. The van der Waals surface area contributed by atoms with Crippen molar-refractivity contribution in [2.24, 2.45) is 7.05 Å². The third kappa shape index (κ3) is 4.16. The quantitative estimate of drug-likeness (QED) is 0.643. The summed E-state index contributed by atoms with van der Waals surface area (Å²) in [5, 5.41) is 12.0. The number of aromatic nitrogens is 3. The summed E-state index contributed by atoms with van der Waals surface area (Å²) >= 11 is 1.35. The molecule has 0 spiro atoms. The first-order chi connectivity index (χ1) is 12.6. The molecule has 7 heteroatoms. The summed E-state index contributed by atoms with van der Waals surface area (Å²) in [5.74, 6) is 1.54. The molecule has 136 valence electrons. The van der Waals surface area contributed by atoms with E-state index in [2.05, 4.69) is 46.7 Å². The molecule has 0 aliphatic carbocycles. The first kappa shape index (κ1) is 18.3. The van der Waals surface area contributed by atoms with Crippen molar-refractivity contribution in [3.63, 3.8) is 0 Å². The summed E-state index contributed by atoms with van der Waals surface area (Å²) in [6, 6.07) is 11.9. The van der Waals surface area contributed by atoms with Gasteiger partial charge in [0, 0.05) is 7.05 Å². The number of amides is 1. The van der Waals surface area contributed by atoms with Gasteiger partial charge in [0.2, 0.25) is 5.91 Å². The molecule has 2 aromatic heterocycles. The monoisotopic (exact) mass is 370 g/mol. The van der Waals surface area contributed by atoms with Gasteiger partial charge in [-0.25, -0.2) is 0 Å². The molecule has 6 nitrogen and oxygen atoms in total. The summed E-state index contributed by atoms with van der Waals surface area (Å²) in [7, 11) is 1.86. The van der Waals surface area contributed by atoms with E-state index in [0.717, 1.165) is 12.0 Å². The average Bonchev–Trinajstić information content (AvgIpc) is 3.29. The van der Waals surface area contributed by atoms with Crippen LogP contribution >= 0.6 is 11.8 Å². The van der Waals surface area contributed by atoms with E-state index in [1.807, 2.05) is 24.6 Å². The molecule has 1 aromatic carbocycles. The Morgan fingerprint density at radius 3 is 2.69 bits per heavy atom. The molecule has 0 fully saturated rings. The minimum absolute atomic E-state index is 0.0350. The molecule has 0 aliphatic rings. The number of rotatable bonds is 7. The van der Waals surface area contributed by atoms with Crippen LogP contribution in [0.25, 0.3) is 11.6 Å². The van der Waals surface area contributed by atoms with Crippen LogP contribution in [-0.2, 0) is 18.3 Å². The standard InChI is InChI=1S/C19H22N4O2S/c1-4-14-7-9-15(10-8-14)13(2)20-17(24)12-26-19-22-21-18(23(19)3)16-6-5-11-25-16/h5-11,13H,4,12H2,1-3H3,(H,20,24)/t13-/m0/s1. The molecule has 26 heavy (non-hydrogen) atoms. The SMILES string of the molecule is CCc1ccc([C@H](C)NC(=O)CSc2nnc(-c3ccco3)n2C)cc1. The van der Waals surface area contributed by atoms with Crippen LogP contribution in [0.1, 0.15) is 31.0 Å². The van der Waals surface area contributed by atoms with Crippen LogP contribution in [0.15, 0.2) is 52.2 Å². The van der Waals surface area contributed by atoms with Crippen LogP contribution in [0.3, 0.4) is 0 Å². The topological polar surface area (TPSA) is 73.0 Å². The van der Waals surface area contributed by atoms with Crippen molar-refractivity contribution < 1.29 is 9.21 Å². The number of nitrogens with zero attached hydrogens (tertiary/aromatic N) is 3. The maximum Gasteiger partial charge on any atom is 0.230 e. The Labute approximate surface area is 157 Å². The van der Waals surface area contributed by atoms with Crippen LogP contribution in [0.2, 0.25) is 0 Å². The Hall–Kier alpha value is -2.54. The Balaban J connectivity index is 1.55. The third-order valence-electron chi connectivity index (χ3n) is 4.17. The fourth-order valence-corrected chi connectivity index (χ4v) is 3.32. The van der Waals surface area contributed by atoms with Crippen molar-refractivity contribution in [2.45, 2.75) is 31.5 Å². The smallest absolute Gasteiger partial charge is 0.230 e. The van der Waals surface area contributed by atoms with Gasteiger partial charge in [-0.05, 0) is 36.6 Å². The van der Waals surface area contributed by atoms with Gasteiger partial charge in [-0.2, -0.15) is 0 Å². The zero-order chi connectivity index (χ0) is 18.5. The van der Waals surface area contributed by atoms with Crippen LogP contribution < -0.4 is 5.32 Å². The molecule has 0 bridgehead atoms. The van der Waals surface area contributed by atoms with Crippen molar-refractivity contribution in [3.05, 3.63) is 53.8 Å². The van der Waals surface area contributed by atoms with E-state index in [1.54, 1.807) is 12.3 Å². The number of carbonyl (C=O) groups excluding carboxylic acids is 1. The second kappa shape index (κ2) is 8.23. The number of furan rings is 1. The van der Waals surface area contributed by atoms with Crippen molar-refractivity contribution in [1.29, 1.82) is 0 Å².